The second kappa shape index (κ2) is 11.3. The Morgan fingerprint density at radius 2 is 2.00 bits per heavy atom. The molecule has 0 radical (unpaired) electrons. The van der Waals surface area contributed by atoms with Gasteiger partial charge in [-0.1, -0.05) is 46.6 Å². The molecule has 0 saturated carbocycles. The molecule has 11 heteroatoms. The Hall–Kier alpha value is -3.08. The van der Waals surface area contributed by atoms with Crippen LogP contribution in [0.5, 0.6) is 5.75 Å². The van der Waals surface area contributed by atoms with Gasteiger partial charge < -0.3 is 4.74 Å². The second-order valence-corrected chi connectivity index (χ2v) is 10.0. The summed E-state index contributed by atoms with van der Waals surface area (Å²) in [5.41, 5.74) is 1.62. The molecular formula is C25H19Br2ClN4O4. The van der Waals surface area contributed by atoms with Crippen LogP contribution in [0, 0.1) is 10.1 Å². The fraction of sp³-hybridized carbons (Fsp3) is 0.160. The van der Waals surface area contributed by atoms with Gasteiger partial charge >= 0.3 is 0 Å². The molecule has 0 unspecified atom stereocenters. The molecule has 0 atom stereocenters. The number of hydrogen-bond acceptors (Lipinski definition) is 6. The van der Waals surface area contributed by atoms with Crippen molar-refractivity contribution < 1.29 is 9.66 Å². The van der Waals surface area contributed by atoms with E-state index in [0.29, 0.717) is 49.5 Å². The van der Waals surface area contributed by atoms with Gasteiger partial charge in [0.1, 0.15) is 12.4 Å². The van der Waals surface area contributed by atoms with Crippen LogP contribution in [0.3, 0.4) is 0 Å². The maximum atomic E-state index is 13.2. The average molecular weight is 635 g/mol. The number of non-ortho nitro benzene ring substituents is 1. The minimum Gasteiger partial charge on any atom is -0.486 e. The zero-order valence-electron chi connectivity index (χ0n) is 19.0. The average Bonchev–Trinajstić information content (AvgIpc) is 2.84. The zero-order chi connectivity index (χ0) is 25.8. The van der Waals surface area contributed by atoms with Crippen LogP contribution in [0.15, 0.2) is 73.4 Å². The van der Waals surface area contributed by atoms with E-state index < -0.39 is 4.92 Å². The molecule has 4 rings (SSSR count). The molecule has 4 aromatic rings. The van der Waals surface area contributed by atoms with Gasteiger partial charge in [-0.3, -0.25) is 14.9 Å². The van der Waals surface area contributed by atoms with Crippen LogP contribution in [0.1, 0.15) is 30.3 Å². The third kappa shape index (κ3) is 5.83. The summed E-state index contributed by atoms with van der Waals surface area (Å²) in [6.45, 7) is 2.11. The van der Waals surface area contributed by atoms with Crippen molar-refractivity contribution in [1.29, 1.82) is 0 Å². The number of nitrogens with zero attached hydrogens (tertiary/aromatic N) is 4. The summed E-state index contributed by atoms with van der Waals surface area (Å²) in [5, 5.41) is 16.2. The van der Waals surface area contributed by atoms with Crippen molar-refractivity contribution in [1.82, 2.24) is 9.66 Å². The molecule has 184 valence electrons. The lowest BCUT2D eigenvalue weighted by molar-refractivity contribution is -0.384. The van der Waals surface area contributed by atoms with Crippen molar-refractivity contribution in [3.05, 3.63) is 106 Å². The largest absolute Gasteiger partial charge is 0.486 e. The van der Waals surface area contributed by atoms with Gasteiger partial charge in [0.2, 0.25) is 0 Å². The van der Waals surface area contributed by atoms with E-state index in [2.05, 4.69) is 41.9 Å². The van der Waals surface area contributed by atoms with Gasteiger partial charge in [-0.25, -0.2) is 4.98 Å². The van der Waals surface area contributed by atoms with Crippen LogP contribution in [0.25, 0.3) is 10.9 Å². The van der Waals surface area contributed by atoms with Gasteiger partial charge in [-0.05, 0) is 63.8 Å². The lowest BCUT2D eigenvalue weighted by Gasteiger charge is -2.11. The third-order valence-corrected chi connectivity index (χ3v) is 6.56. The summed E-state index contributed by atoms with van der Waals surface area (Å²) in [6, 6.07) is 15.0. The summed E-state index contributed by atoms with van der Waals surface area (Å²) in [6.07, 6.45) is 2.93. The van der Waals surface area contributed by atoms with Gasteiger partial charge in [-0.2, -0.15) is 9.78 Å². The summed E-state index contributed by atoms with van der Waals surface area (Å²) in [5.74, 6) is 0.956. The van der Waals surface area contributed by atoms with Gasteiger partial charge in [0.15, 0.2) is 5.75 Å². The molecule has 8 nitrogen and oxygen atoms in total. The van der Waals surface area contributed by atoms with E-state index in [9.17, 15) is 14.9 Å². The molecule has 0 aliphatic carbocycles. The van der Waals surface area contributed by atoms with Crippen molar-refractivity contribution >= 4 is 66.3 Å². The highest BCUT2D eigenvalue weighted by molar-refractivity contribution is 9.10. The standard InChI is InChI=1S/C25H19Br2ClN4O4/c1-2-4-23-30-22-8-7-17(26)12-19(22)25(33)31(23)29-13-16-10-20(27)24(21(28)11-16)36-14-15-5-3-6-18(9-15)32(34)35/h3,5-13H,2,4,14H2,1H3. The predicted octanol–water partition coefficient (Wildman–Crippen LogP) is 6.90. The highest BCUT2D eigenvalue weighted by Crippen LogP contribution is 2.35. The first kappa shape index (κ1) is 26.0. The highest BCUT2D eigenvalue weighted by atomic mass is 79.9. The van der Waals surface area contributed by atoms with Crippen LogP contribution in [0.2, 0.25) is 5.02 Å². The normalized spacial score (nSPS) is 11.3. The van der Waals surface area contributed by atoms with Gasteiger partial charge in [0, 0.05) is 23.0 Å². The van der Waals surface area contributed by atoms with Crippen LogP contribution < -0.4 is 10.3 Å². The number of halogens is 3. The minimum atomic E-state index is -0.457. The third-order valence-electron chi connectivity index (χ3n) is 5.20. The smallest absolute Gasteiger partial charge is 0.282 e. The Kier molecular flexibility index (Phi) is 8.17. The number of aryl methyl sites for hydroxylation is 1. The summed E-state index contributed by atoms with van der Waals surface area (Å²) >= 11 is 13.3. The molecule has 0 bridgehead atoms. The van der Waals surface area contributed by atoms with E-state index in [1.54, 1.807) is 36.4 Å². The maximum Gasteiger partial charge on any atom is 0.282 e. The fourth-order valence-electron chi connectivity index (χ4n) is 3.53. The number of rotatable bonds is 8. The van der Waals surface area contributed by atoms with Gasteiger partial charge in [-0.15, -0.1) is 0 Å². The number of fused-ring (bicyclic) bond motifs is 1. The molecule has 1 heterocycles. The van der Waals surface area contributed by atoms with Gasteiger partial charge in [0.05, 0.1) is 31.5 Å². The van der Waals surface area contributed by atoms with E-state index in [-0.39, 0.29) is 17.9 Å². The van der Waals surface area contributed by atoms with Crippen LogP contribution in [-0.2, 0) is 13.0 Å². The monoisotopic (exact) mass is 632 g/mol. The second-order valence-electron chi connectivity index (χ2n) is 7.83. The van der Waals surface area contributed by atoms with Crippen LogP contribution in [0.4, 0.5) is 5.69 Å². The van der Waals surface area contributed by atoms with E-state index >= 15 is 0 Å². The van der Waals surface area contributed by atoms with E-state index in [1.807, 2.05) is 13.0 Å². The molecule has 0 saturated heterocycles. The summed E-state index contributed by atoms with van der Waals surface area (Å²) in [7, 11) is 0. The molecule has 3 aromatic carbocycles. The number of hydrogen-bond donors (Lipinski definition) is 0. The summed E-state index contributed by atoms with van der Waals surface area (Å²) < 4.78 is 8.49. The van der Waals surface area contributed by atoms with Crippen molar-refractivity contribution in [2.75, 3.05) is 0 Å². The van der Waals surface area contributed by atoms with Crippen molar-refractivity contribution in [2.45, 2.75) is 26.4 Å². The van der Waals surface area contributed by atoms with Crippen molar-refractivity contribution in [3.63, 3.8) is 0 Å². The Labute approximate surface area is 228 Å². The lowest BCUT2D eigenvalue weighted by atomic mass is 10.2. The Morgan fingerprint density at radius 1 is 1.19 bits per heavy atom. The zero-order valence-corrected chi connectivity index (χ0v) is 22.9. The summed E-state index contributed by atoms with van der Waals surface area (Å²) in [4.78, 5) is 28.3. The number of aromatic nitrogens is 2. The molecule has 0 aliphatic heterocycles. The fourth-order valence-corrected chi connectivity index (χ4v) is 4.88. The minimum absolute atomic E-state index is 0.0129. The van der Waals surface area contributed by atoms with Crippen LogP contribution >= 0.6 is 43.5 Å². The molecule has 0 aliphatic rings. The predicted molar refractivity (Wildman–Crippen MR) is 147 cm³/mol. The molecule has 0 N–H and O–H groups in total. The number of ether oxygens (including phenoxy) is 1. The first-order chi connectivity index (χ1) is 17.3. The maximum absolute atomic E-state index is 13.2. The van der Waals surface area contributed by atoms with Crippen molar-refractivity contribution in [2.24, 2.45) is 5.10 Å². The highest BCUT2D eigenvalue weighted by Gasteiger charge is 2.13. The van der Waals surface area contributed by atoms with E-state index in [0.717, 1.165) is 10.9 Å². The first-order valence-corrected chi connectivity index (χ1v) is 12.8. The molecule has 1 aromatic heterocycles. The number of nitro benzene ring substituents is 1. The number of benzene rings is 3. The molecule has 0 amide bonds. The topological polar surface area (TPSA) is 99.6 Å². The van der Waals surface area contributed by atoms with E-state index in [1.165, 1.54) is 23.0 Å². The van der Waals surface area contributed by atoms with Crippen molar-refractivity contribution in [3.8, 4) is 5.75 Å². The lowest BCUT2D eigenvalue weighted by Crippen LogP contribution is -2.22. The van der Waals surface area contributed by atoms with Gasteiger partial charge in [0.25, 0.3) is 11.2 Å². The Balaban J connectivity index is 1.62. The Morgan fingerprint density at radius 3 is 2.72 bits per heavy atom. The number of nitro groups is 1. The Bertz CT molecular complexity index is 1530. The molecule has 0 fully saturated rings. The SMILES string of the molecule is CCCc1nc2ccc(Br)cc2c(=O)n1N=Cc1cc(Cl)c(OCc2cccc([N+](=O)[O-])c2)c(Br)c1. The molecule has 0 spiro atoms. The molecular weight excluding hydrogens is 616 g/mol. The van der Waals surface area contributed by atoms with Crippen LogP contribution in [-0.4, -0.2) is 20.8 Å². The quantitative estimate of drug-likeness (QED) is 0.119. The molecule has 36 heavy (non-hydrogen) atoms. The van der Waals surface area contributed by atoms with E-state index in [4.69, 9.17) is 16.3 Å². The first-order valence-electron chi connectivity index (χ1n) is 10.9.